The molecule has 4 aromatic carbocycles. The Morgan fingerprint density at radius 1 is 0.609 bits per heavy atom. The van der Waals surface area contributed by atoms with Crippen molar-refractivity contribution in [3.63, 3.8) is 0 Å². The largest absolute Gasteiger partial charge is 0.354 e. The van der Waals surface area contributed by atoms with Gasteiger partial charge in [0.25, 0.3) is 0 Å². The highest BCUT2D eigenvalue weighted by Crippen LogP contribution is 2.46. The Hall–Kier alpha value is -2.80. The van der Waals surface area contributed by atoms with Crippen LogP contribution >= 0.6 is 0 Å². The summed E-state index contributed by atoms with van der Waals surface area (Å²) in [4.78, 5) is 0. The van der Waals surface area contributed by atoms with Gasteiger partial charge in [-0.2, -0.15) is 0 Å². The second-order valence-electron chi connectivity index (χ2n) is 6.35. The molecular weight excluding hydrogens is 278 g/mol. The molecule has 1 heteroatoms. The number of hydrogen-bond donors (Lipinski definition) is 1. The van der Waals surface area contributed by atoms with E-state index in [1.165, 1.54) is 44.0 Å². The number of anilines is 2. The average molecular weight is 295 g/mol. The van der Waals surface area contributed by atoms with Gasteiger partial charge in [-0.05, 0) is 21.9 Å². The molecule has 0 spiro atoms. The van der Waals surface area contributed by atoms with Crippen molar-refractivity contribution in [3.8, 4) is 0 Å². The molecule has 1 nitrogen and oxygen atoms in total. The van der Waals surface area contributed by atoms with E-state index in [4.69, 9.17) is 0 Å². The van der Waals surface area contributed by atoms with Gasteiger partial charge in [-0.3, -0.25) is 0 Å². The van der Waals surface area contributed by atoms with Crippen LogP contribution in [0.25, 0.3) is 21.5 Å². The normalized spacial score (nSPS) is 13.6. The summed E-state index contributed by atoms with van der Waals surface area (Å²) in [7, 11) is 0. The van der Waals surface area contributed by atoms with Crippen LogP contribution in [0.2, 0.25) is 0 Å². The van der Waals surface area contributed by atoms with Crippen LogP contribution in [0.15, 0.2) is 72.8 Å². The van der Waals surface area contributed by atoms with Crippen LogP contribution < -0.4 is 5.32 Å². The standard InChI is InChI=1S/C22H17N/c1-14-17-12-10-15-6-2-4-8-19(15)21(17)23-22-18(14)13-11-16-7-3-5-9-20(16)22/h2-14,23H,1H3. The van der Waals surface area contributed by atoms with Crippen molar-refractivity contribution in [2.75, 3.05) is 5.32 Å². The molecule has 110 valence electrons. The summed E-state index contributed by atoms with van der Waals surface area (Å²) in [5.41, 5.74) is 5.29. The SMILES string of the molecule is CC1c2ccc3ccccc3c2Nc2c1ccc1ccccc21. The Labute approximate surface area is 135 Å². The lowest BCUT2D eigenvalue weighted by Gasteiger charge is -2.29. The van der Waals surface area contributed by atoms with E-state index in [2.05, 4.69) is 85.0 Å². The third-order valence-electron chi connectivity index (χ3n) is 5.11. The molecule has 0 fully saturated rings. The van der Waals surface area contributed by atoms with Crippen molar-refractivity contribution >= 4 is 32.9 Å². The minimum atomic E-state index is 0.399. The molecule has 0 saturated heterocycles. The molecule has 0 aliphatic carbocycles. The molecule has 1 aliphatic heterocycles. The maximum atomic E-state index is 3.76. The van der Waals surface area contributed by atoms with Gasteiger partial charge in [0, 0.05) is 16.7 Å². The van der Waals surface area contributed by atoms with Crippen LogP contribution in [0.5, 0.6) is 0 Å². The van der Waals surface area contributed by atoms with E-state index in [0.29, 0.717) is 5.92 Å². The lowest BCUT2D eigenvalue weighted by molar-refractivity contribution is 0.918. The molecular formula is C22H17N. The molecule has 1 N–H and O–H groups in total. The maximum Gasteiger partial charge on any atom is 0.0502 e. The first-order valence-electron chi connectivity index (χ1n) is 8.13. The summed E-state index contributed by atoms with van der Waals surface area (Å²) in [5, 5.41) is 8.93. The van der Waals surface area contributed by atoms with Gasteiger partial charge in [0.05, 0.1) is 11.4 Å². The second-order valence-corrected chi connectivity index (χ2v) is 6.35. The van der Waals surface area contributed by atoms with Gasteiger partial charge in [-0.25, -0.2) is 0 Å². The Kier molecular flexibility index (Phi) is 2.54. The molecule has 0 bridgehead atoms. The smallest absolute Gasteiger partial charge is 0.0502 e. The molecule has 1 heterocycles. The van der Waals surface area contributed by atoms with Gasteiger partial charge in [-0.15, -0.1) is 0 Å². The fourth-order valence-electron chi connectivity index (χ4n) is 3.87. The molecule has 0 aromatic heterocycles. The molecule has 4 aromatic rings. The molecule has 0 unspecified atom stereocenters. The zero-order valence-electron chi connectivity index (χ0n) is 13.0. The maximum absolute atomic E-state index is 3.76. The van der Waals surface area contributed by atoms with Gasteiger partial charge in [0.15, 0.2) is 0 Å². The fraction of sp³-hybridized carbons (Fsp3) is 0.0909. The quantitative estimate of drug-likeness (QED) is 0.407. The summed E-state index contributed by atoms with van der Waals surface area (Å²) in [6.07, 6.45) is 0. The Balaban J connectivity index is 1.85. The minimum Gasteiger partial charge on any atom is -0.354 e. The highest BCUT2D eigenvalue weighted by atomic mass is 14.9. The van der Waals surface area contributed by atoms with E-state index in [-0.39, 0.29) is 0 Å². The van der Waals surface area contributed by atoms with E-state index < -0.39 is 0 Å². The number of benzene rings is 4. The average Bonchev–Trinajstić information content (AvgIpc) is 2.61. The summed E-state index contributed by atoms with van der Waals surface area (Å²) < 4.78 is 0. The van der Waals surface area contributed by atoms with Gasteiger partial charge in [0.2, 0.25) is 0 Å². The Morgan fingerprint density at radius 3 is 1.61 bits per heavy atom. The predicted octanol–water partition coefficient (Wildman–Crippen LogP) is 6.20. The number of hydrogen-bond acceptors (Lipinski definition) is 1. The third kappa shape index (κ3) is 1.74. The molecule has 0 amide bonds. The van der Waals surface area contributed by atoms with Crippen molar-refractivity contribution in [2.24, 2.45) is 0 Å². The van der Waals surface area contributed by atoms with E-state index in [1.807, 2.05) is 0 Å². The first-order chi connectivity index (χ1) is 11.3. The highest BCUT2D eigenvalue weighted by molar-refractivity contribution is 6.04. The lowest BCUT2D eigenvalue weighted by Crippen LogP contribution is -2.11. The van der Waals surface area contributed by atoms with Crippen LogP contribution in [0.1, 0.15) is 24.0 Å². The molecule has 0 radical (unpaired) electrons. The molecule has 5 rings (SSSR count). The summed E-state index contributed by atoms with van der Waals surface area (Å²) in [6.45, 7) is 2.31. The molecule has 1 aliphatic rings. The zero-order chi connectivity index (χ0) is 15.4. The third-order valence-corrected chi connectivity index (χ3v) is 5.11. The molecule has 23 heavy (non-hydrogen) atoms. The van der Waals surface area contributed by atoms with Crippen LogP contribution in [0, 0.1) is 0 Å². The van der Waals surface area contributed by atoms with Crippen molar-refractivity contribution in [1.82, 2.24) is 0 Å². The van der Waals surface area contributed by atoms with Crippen LogP contribution in [0.3, 0.4) is 0 Å². The Bertz CT molecular complexity index is 977. The van der Waals surface area contributed by atoms with E-state index in [9.17, 15) is 0 Å². The van der Waals surface area contributed by atoms with Crippen molar-refractivity contribution in [2.45, 2.75) is 12.8 Å². The van der Waals surface area contributed by atoms with Crippen molar-refractivity contribution in [3.05, 3.63) is 83.9 Å². The monoisotopic (exact) mass is 295 g/mol. The number of nitrogens with one attached hydrogen (secondary N) is 1. The van der Waals surface area contributed by atoms with E-state index in [1.54, 1.807) is 0 Å². The van der Waals surface area contributed by atoms with E-state index in [0.717, 1.165) is 0 Å². The molecule has 0 saturated carbocycles. The fourth-order valence-corrected chi connectivity index (χ4v) is 3.87. The van der Waals surface area contributed by atoms with Crippen LogP contribution in [-0.2, 0) is 0 Å². The van der Waals surface area contributed by atoms with E-state index >= 15 is 0 Å². The van der Waals surface area contributed by atoms with Crippen LogP contribution in [-0.4, -0.2) is 0 Å². The van der Waals surface area contributed by atoms with Gasteiger partial charge >= 0.3 is 0 Å². The highest BCUT2D eigenvalue weighted by Gasteiger charge is 2.24. The van der Waals surface area contributed by atoms with Crippen molar-refractivity contribution in [1.29, 1.82) is 0 Å². The minimum absolute atomic E-state index is 0.399. The second kappa shape index (κ2) is 4.60. The molecule has 0 atom stereocenters. The lowest BCUT2D eigenvalue weighted by atomic mass is 9.84. The number of rotatable bonds is 0. The van der Waals surface area contributed by atoms with Gasteiger partial charge in [-0.1, -0.05) is 79.7 Å². The summed E-state index contributed by atoms with van der Waals surface area (Å²) >= 11 is 0. The number of fused-ring (bicyclic) bond motifs is 6. The topological polar surface area (TPSA) is 12.0 Å². The van der Waals surface area contributed by atoms with Crippen molar-refractivity contribution < 1.29 is 0 Å². The van der Waals surface area contributed by atoms with Gasteiger partial charge < -0.3 is 5.32 Å². The summed E-state index contributed by atoms with van der Waals surface area (Å²) in [6, 6.07) is 26.2. The summed E-state index contributed by atoms with van der Waals surface area (Å²) in [5.74, 6) is 0.399. The first kappa shape index (κ1) is 12.7. The predicted molar refractivity (Wildman–Crippen MR) is 98.7 cm³/mol. The zero-order valence-corrected chi connectivity index (χ0v) is 13.0. The Morgan fingerprint density at radius 2 is 1.09 bits per heavy atom. The van der Waals surface area contributed by atoms with Crippen LogP contribution in [0.4, 0.5) is 11.4 Å². The first-order valence-corrected chi connectivity index (χ1v) is 8.13. The van der Waals surface area contributed by atoms with Gasteiger partial charge in [0.1, 0.15) is 0 Å².